The Balaban J connectivity index is 2.33. The number of rotatable bonds is 11. The summed E-state index contributed by atoms with van der Waals surface area (Å²) in [6, 6.07) is 0. The van der Waals surface area contributed by atoms with E-state index in [1.807, 2.05) is 6.08 Å². The maximum Gasteiger partial charge on any atom is 0.159 e. The van der Waals surface area contributed by atoms with Crippen LogP contribution in [-0.4, -0.2) is 25.3 Å². The molecule has 1 aliphatic heterocycles. The van der Waals surface area contributed by atoms with Gasteiger partial charge in [-0.1, -0.05) is 37.7 Å². The number of aldehydes is 1. The topological polar surface area (TPSA) is 35.5 Å². The van der Waals surface area contributed by atoms with E-state index in [0.29, 0.717) is 6.42 Å². The smallest absolute Gasteiger partial charge is 0.159 e. The van der Waals surface area contributed by atoms with Crippen LogP contribution >= 0.6 is 0 Å². The number of ether oxygens (including phenoxy) is 2. The molecular formula is C20H32O3. The van der Waals surface area contributed by atoms with Crippen molar-refractivity contribution in [3.8, 4) is 11.8 Å². The van der Waals surface area contributed by atoms with Crippen LogP contribution in [0.2, 0.25) is 0 Å². The Morgan fingerprint density at radius 2 is 2.09 bits per heavy atom. The first-order chi connectivity index (χ1) is 11.4. The summed E-state index contributed by atoms with van der Waals surface area (Å²) in [5.74, 6) is 6.35. The Labute approximate surface area is 141 Å². The van der Waals surface area contributed by atoms with Crippen molar-refractivity contribution < 1.29 is 14.3 Å². The van der Waals surface area contributed by atoms with E-state index < -0.39 is 0 Å². The average molecular weight is 320 g/mol. The molecule has 0 radical (unpaired) electrons. The van der Waals surface area contributed by atoms with E-state index in [2.05, 4.69) is 24.8 Å². The third-order valence-electron chi connectivity index (χ3n) is 3.91. The number of unbranched alkanes of at least 4 members (excludes halogenated alkanes) is 5. The molecule has 0 aromatic carbocycles. The highest BCUT2D eigenvalue weighted by Gasteiger charge is 2.18. The lowest BCUT2D eigenvalue weighted by Crippen LogP contribution is -2.27. The van der Waals surface area contributed by atoms with Crippen molar-refractivity contribution in [2.24, 2.45) is 0 Å². The molecule has 0 amide bonds. The van der Waals surface area contributed by atoms with Crippen molar-refractivity contribution in [2.75, 3.05) is 6.61 Å². The fourth-order valence-electron chi connectivity index (χ4n) is 2.53. The highest BCUT2D eigenvalue weighted by molar-refractivity contribution is 5.48. The summed E-state index contributed by atoms with van der Waals surface area (Å²) in [6.45, 7) is 3.01. The minimum Gasteiger partial charge on any atom is -0.353 e. The van der Waals surface area contributed by atoms with E-state index in [-0.39, 0.29) is 12.4 Å². The van der Waals surface area contributed by atoms with Crippen molar-refractivity contribution in [2.45, 2.75) is 89.9 Å². The molecule has 0 saturated carbocycles. The van der Waals surface area contributed by atoms with Gasteiger partial charge >= 0.3 is 0 Å². The van der Waals surface area contributed by atoms with Gasteiger partial charge in [0.1, 0.15) is 12.4 Å². The van der Waals surface area contributed by atoms with Crippen LogP contribution in [0.4, 0.5) is 0 Å². The molecule has 1 saturated heterocycles. The van der Waals surface area contributed by atoms with Gasteiger partial charge in [0.25, 0.3) is 0 Å². The first-order valence-electron chi connectivity index (χ1n) is 9.23. The maximum atomic E-state index is 10.2. The summed E-state index contributed by atoms with van der Waals surface area (Å²) in [6.07, 6.45) is 16.4. The fraction of sp³-hybridized carbons (Fsp3) is 0.750. The molecule has 0 bridgehead atoms. The van der Waals surface area contributed by atoms with Crippen LogP contribution in [0.25, 0.3) is 0 Å². The van der Waals surface area contributed by atoms with E-state index in [1.165, 1.54) is 19.3 Å². The van der Waals surface area contributed by atoms with Crippen LogP contribution < -0.4 is 0 Å². The Kier molecular flexibility index (Phi) is 12.6. The molecule has 0 spiro atoms. The molecule has 0 N–H and O–H groups in total. The average Bonchev–Trinajstić information content (AvgIpc) is 2.58. The summed E-state index contributed by atoms with van der Waals surface area (Å²) in [5.41, 5.74) is 0. The van der Waals surface area contributed by atoms with E-state index in [4.69, 9.17) is 9.47 Å². The highest BCUT2D eigenvalue weighted by Crippen LogP contribution is 2.17. The lowest BCUT2D eigenvalue weighted by Gasteiger charge is -2.25. The van der Waals surface area contributed by atoms with Crippen molar-refractivity contribution in [1.29, 1.82) is 0 Å². The first kappa shape index (κ1) is 19.9. The van der Waals surface area contributed by atoms with Crippen molar-refractivity contribution in [1.82, 2.24) is 0 Å². The van der Waals surface area contributed by atoms with Crippen molar-refractivity contribution >= 4 is 6.29 Å². The van der Waals surface area contributed by atoms with Gasteiger partial charge in [-0.15, -0.1) is 0 Å². The van der Waals surface area contributed by atoms with Crippen LogP contribution in [0.1, 0.15) is 77.6 Å². The van der Waals surface area contributed by atoms with E-state index in [0.717, 1.165) is 57.8 Å². The maximum absolute atomic E-state index is 10.2. The Hall–Kier alpha value is -1.11. The molecule has 0 aliphatic carbocycles. The molecule has 1 aliphatic rings. The first-order valence-corrected chi connectivity index (χ1v) is 9.23. The van der Waals surface area contributed by atoms with Gasteiger partial charge in [-0.2, -0.15) is 0 Å². The third kappa shape index (κ3) is 11.1. The Bertz CT molecular complexity index is 372. The molecule has 3 heteroatoms. The van der Waals surface area contributed by atoms with Gasteiger partial charge in [0, 0.05) is 13.0 Å². The van der Waals surface area contributed by atoms with Gasteiger partial charge in [0.05, 0.1) is 0 Å². The van der Waals surface area contributed by atoms with Gasteiger partial charge in [-0.3, -0.25) is 0 Å². The van der Waals surface area contributed by atoms with E-state index in [1.54, 1.807) is 0 Å². The van der Waals surface area contributed by atoms with Gasteiger partial charge < -0.3 is 14.3 Å². The van der Waals surface area contributed by atoms with Gasteiger partial charge in [0.2, 0.25) is 0 Å². The second kappa shape index (κ2) is 14.5. The number of hydrogen-bond donors (Lipinski definition) is 0. The minimum absolute atomic E-state index is 0.0237. The number of allylic oxidation sites excluding steroid dienone is 2. The molecule has 0 aromatic heterocycles. The van der Waals surface area contributed by atoms with Crippen LogP contribution in [0, 0.1) is 11.8 Å². The fourth-order valence-corrected chi connectivity index (χ4v) is 2.53. The number of carbonyl (C=O) groups excluding carboxylic acids is 1. The molecule has 2 atom stereocenters. The summed E-state index contributed by atoms with van der Waals surface area (Å²) in [4.78, 5) is 10.2. The lowest BCUT2D eigenvalue weighted by atomic mass is 10.1. The molecule has 0 aromatic rings. The Morgan fingerprint density at radius 3 is 2.83 bits per heavy atom. The van der Waals surface area contributed by atoms with Gasteiger partial charge in [-0.25, -0.2) is 0 Å². The number of hydrogen-bond acceptors (Lipinski definition) is 3. The molecule has 1 unspecified atom stereocenters. The second-order valence-electron chi connectivity index (χ2n) is 6.06. The largest absolute Gasteiger partial charge is 0.353 e. The summed E-state index contributed by atoms with van der Waals surface area (Å²) in [5, 5.41) is 0. The second-order valence-corrected chi connectivity index (χ2v) is 6.06. The molecule has 1 fully saturated rings. The zero-order chi connectivity index (χ0) is 16.6. The van der Waals surface area contributed by atoms with Crippen LogP contribution in [0.5, 0.6) is 0 Å². The summed E-state index contributed by atoms with van der Waals surface area (Å²) < 4.78 is 11.7. The number of carbonyl (C=O) groups is 1. The van der Waals surface area contributed by atoms with Crippen LogP contribution in [0.3, 0.4) is 0 Å². The quantitative estimate of drug-likeness (QED) is 0.312. The van der Waals surface area contributed by atoms with Gasteiger partial charge in [-0.05, 0) is 57.4 Å². The van der Waals surface area contributed by atoms with E-state index >= 15 is 0 Å². The molecular weight excluding hydrogens is 288 g/mol. The highest BCUT2D eigenvalue weighted by atomic mass is 16.7. The predicted octanol–water partition coefficient (Wildman–Crippen LogP) is 4.80. The SMILES string of the molecule is CCCCC[C@H](C#CC=CCCCCC=O)OC1CCCCO1. The minimum atomic E-state index is -0.0722. The molecule has 3 nitrogen and oxygen atoms in total. The van der Waals surface area contributed by atoms with Crippen molar-refractivity contribution in [3.05, 3.63) is 12.2 Å². The standard InChI is InChI=1S/C20H32O3/c1-2-3-9-14-19(23-20-16-11-13-18-22-20)15-10-7-5-4-6-8-12-17-21/h5,7,17,19-20H,2-4,6,8-9,11-14,16,18H2,1H3/t19-,20?/m1/s1. The summed E-state index contributed by atoms with van der Waals surface area (Å²) in [7, 11) is 0. The van der Waals surface area contributed by atoms with E-state index in [9.17, 15) is 4.79 Å². The molecule has 1 rings (SSSR count). The Morgan fingerprint density at radius 1 is 1.22 bits per heavy atom. The van der Waals surface area contributed by atoms with Crippen LogP contribution in [0.15, 0.2) is 12.2 Å². The molecule has 130 valence electrons. The van der Waals surface area contributed by atoms with Crippen LogP contribution in [-0.2, 0) is 14.3 Å². The normalized spacial score (nSPS) is 19.3. The van der Waals surface area contributed by atoms with Crippen molar-refractivity contribution in [3.63, 3.8) is 0 Å². The lowest BCUT2D eigenvalue weighted by molar-refractivity contribution is -0.177. The zero-order valence-electron chi connectivity index (χ0n) is 14.6. The predicted molar refractivity (Wildman–Crippen MR) is 94.1 cm³/mol. The summed E-state index contributed by atoms with van der Waals surface area (Å²) >= 11 is 0. The van der Waals surface area contributed by atoms with Gasteiger partial charge in [0.15, 0.2) is 6.29 Å². The zero-order valence-corrected chi connectivity index (χ0v) is 14.6. The monoisotopic (exact) mass is 320 g/mol. The molecule has 1 heterocycles. The molecule has 23 heavy (non-hydrogen) atoms. The third-order valence-corrected chi connectivity index (χ3v) is 3.91.